The molecule has 2 atom stereocenters. The standard InChI is InChI=1S/C13H18N2O3/c16-13(17)10-2-1-4-15-11(10)7-14-12(15)6-9-3-5-18-8-9/h7,9-10H,1-6,8H2,(H,16,17). The Kier molecular flexibility index (Phi) is 3.07. The molecule has 2 unspecified atom stereocenters. The van der Waals surface area contributed by atoms with E-state index in [1.54, 1.807) is 6.20 Å². The van der Waals surface area contributed by atoms with Crippen molar-refractivity contribution in [1.82, 2.24) is 9.55 Å². The van der Waals surface area contributed by atoms with Crippen LogP contribution in [-0.2, 0) is 22.5 Å². The van der Waals surface area contributed by atoms with Crippen LogP contribution in [0.25, 0.3) is 0 Å². The number of carbonyl (C=O) groups is 1. The van der Waals surface area contributed by atoms with Gasteiger partial charge in [-0.3, -0.25) is 4.79 Å². The van der Waals surface area contributed by atoms with E-state index in [9.17, 15) is 9.90 Å². The maximum Gasteiger partial charge on any atom is 0.312 e. The van der Waals surface area contributed by atoms with E-state index in [0.29, 0.717) is 5.92 Å². The third-order valence-corrected chi connectivity index (χ3v) is 3.99. The number of fused-ring (bicyclic) bond motifs is 1. The fourth-order valence-electron chi connectivity index (χ4n) is 2.98. The van der Waals surface area contributed by atoms with Gasteiger partial charge < -0.3 is 14.4 Å². The first-order valence-corrected chi connectivity index (χ1v) is 6.60. The summed E-state index contributed by atoms with van der Waals surface area (Å²) in [6.07, 6.45) is 5.40. The van der Waals surface area contributed by atoms with Gasteiger partial charge in [-0.15, -0.1) is 0 Å². The summed E-state index contributed by atoms with van der Waals surface area (Å²) < 4.78 is 7.49. The van der Waals surface area contributed by atoms with Crippen LogP contribution in [0, 0.1) is 5.92 Å². The number of carboxylic acids is 1. The Morgan fingerprint density at radius 1 is 1.56 bits per heavy atom. The second-order valence-electron chi connectivity index (χ2n) is 5.22. The van der Waals surface area contributed by atoms with Crippen LogP contribution >= 0.6 is 0 Å². The molecule has 0 aliphatic carbocycles. The number of rotatable bonds is 3. The van der Waals surface area contributed by atoms with Gasteiger partial charge in [0.25, 0.3) is 0 Å². The summed E-state index contributed by atoms with van der Waals surface area (Å²) >= 11 is 0. The first-order chi connectivity index (χ1) is 8.75. The highest BCUT2D eigenvalue weighted by Crippen LogP contribution is 2.29. The van der Waals surface area contributed by atoms with Crippen LogP contribution < -0.4 is 0 Å². The topological polar surface area (TPSA) is 64.3 Å². The zero-order valence-corrected chi connectivity index (χ0v) is 10.3. The molecule has 1 fully saturated rings. The van der Waals surface area contributed by atoms with Crippen molar-refractivity contribution in [1.29, 1.82) is 0 Å². The SMILES string of the molecule is O=C(O)C1CCCn2c1cnc2CC1CCOC1. The Bertz CT molecular complexity index is 449. The minimum atomic E-state index is -0.730. The van der Waals surface area contributed by atoms with Gasteiger partial charge in [-0.05, 0) is 25.2 Å². The van der Waals surface area contributed by atoms with Crippen LogP contribution in [0.4, 0.5) is 0 Å². The normalized spacial score (nSPS) is 27.1. The van der Waals surface area contributed by atoms with Crippen molar-refractivity contribution in [2.75, 3.05) is 13.2 Å². The molecule has 1 N–H and O–H groups in total. The molecule has 18 heavy (non-hydrogen) atoms. The molecule has 0 bridgehead atoms. The lowest BCUT2D eigenvalue weighted by Gasteiger charge is -2.22. The van der Waals surface area contributed by atoms with E-state index in [2.05, 4.69) is 9.55 Å². The molecule has 1 aromatic rings. The fourth-order valence-corrected chi connectivity index (χ4v) is 2.98. The van der Waals surface area contributed by atoms with Gasteiger partial charge in [0.05, 0.1) is 11.6 Å². The first-order valence-electron chi connectivity index (χ1n) is 6.60. The predicted octanol–water partition coefficient (Wildman–Crippen LogP) is 1.42. The highest BCUT2D eigenvalue weighted by atomic mass is 16.5. The summed E-state index contributed by atoms with van der Waals surface area (Å²) in [4.78, 5) is 15.6. The van der Waals surface area contributed by atoms with E-state index in [-0.39, 0.29) is 5.92 Å². The summed E-state index contributed by atoms with van der Waals surface area (Å²) in [6, 6.07) is 0. The molecule has 0 spiro atoms. The van der Waals surface area contributed by atoms with Gasteiger partial charge in [0.2, 0.25) is 0 Å². The van der Waals surface area contributed by atoms with E-state index in [0.717, 1.165) is 57.0 Å². The van der Waals surface area contributed by atoms with Crippen molar-refractivity contribution >= 4 is 5.97 Å². The highest BCUT2D eigenvalue weighted by molar-refractivity contribution is 5.75. The lowest BCUT2D eigenvalue weighted by Crippen LogP contribution is -2.23. The second kappa shape index (κ2) is 4.72. The Morgan fingerprint density at radius 2 is 2.44 bits per heavy atom. The molecular formula is C13H18N2O3. The zero-order chi connectivity index (χ0) is 12.5. The lowest BCUT2D eigenvalue weighted by molar-refractivity contribution is -0.139. The molecule has 3 rings (SSSR count). The minimum absolute atomic E-state index is 0.375. The summed E-state index contributed by atoms with van der Waals surface area (Å²) in [7, 11) is 0. The Balaban J connectivity index is 1.82. The lowest BCUT2D eigenvalue weighted by atomic mass is 9.96. The molecule has 3 heterocycles. The van der Waals surface area contributed by atoms with Crippen molar-refractivity contribution in [2.45, 2.75) is 38.1 Å². The van der Waals surface area contributed by atoms with Gasteiger partial charge in [0.15, 0.2) is 0 Å². The van der Waals surface area contributed by atoms with Crippen molar-refractivity contribution in [3.63, 3.8) is 0 Å². The molecule has 2 aliphatic heterocycles. The summed E-state index contributed by atoms with van der Waals surface area (Å²) in [5, 5.41) is 9.22. The fraction of sp³-hybridized carbons (Fsp3) is 0.692. The third-order valence-electron chi connectivity index (χ3n) is 3.99. The molecule has 1 aromatic heterocycles. The highest BCUT2D eigenvalue weighted by Gasteiger charge is 2.29. The van der Waals surface area contributed by atoms with Gasteiger partial charge >= 0.3 is 5.97 Å². The van der Waals surface area contributed by atoms with Crippen molar-refractivity contribution in [2.24, 2.45) is 5.92 Å². The Labute approximate surface area is 106 Å². The molecule has 0 radical (unpaired) electrons. The number of hydrogen-bond acceptors (Lipinski definition) is 3. The van der Waals surface area contributed by atoms with Crippen LogP contribution in [0.3, 0.4) is 0 Å². The Hall–Kier alpha value is -1.36. The number of aliphatic carboxylic acids is 1. The molecule has 0 saturated carbocycles. The molecule has 0 aromatic carbocycles. The zero-order valence-electron chi connectivity index (χ0n) is 10.3. The molecule has 1 saturated heterocycles. The van der Waals surface area contributed by atoms with E-state index >= 15 is 0 Å². The summed E-state index contributed by atoms with van der Waals surface area (Å²) in [6.45, 7) is 2.56. The van der Waals surface area contributed by atoms with Gasteiger partial charge in [-0.25, -0.2) is 4.98 Å². The van der Waals surface area contributed by atoms with Crippen LogP contribution in [0.5, 0.6) is 0 Å². The van der Waals surface area contributed by atoms with Crippen molar-refractivity contribution in [3.05, 3.63) is 17.7 Å². The number of nitrogens with zero attached hydrogens (tertiary/aromatic N) is 2. The molecule has 98 valence electrons. The number of imidazole rings is 1. The maximum atomic E-state index is 11.2. The van der Waals surface area contributed by atoms with Gasteiger partial charge in [-0.2, -0.15) is 0 Å². The average molecular weight is 250 g/mol. The first kappa shape index (κ1) is 11.7. The van der Waals surface area contributed by atoms with Gasteiger partial charge in [0, 0.05) is 32.4 Å². The van der Waals surface area contributed by atoms with Crippen LogP contribution in [0.15, 0.2) is 6.20 Å². The van der Waals surface area contributed by atoms with E-state index in [4.69, 9.17) is 4.74 Å². The average Bonchev–Trinajstić information content (AvgIpc) is 2.99. The maximum absolute atomic E-state index is 11.2. The minimum Gasteiger partial charge on any atom is -0.481 e. The summed E-state index contributed by atoms with van der Waals surface area (Å²) in [5.41, 5.74) is 0.877. The van der Waals surface area contributed by atoms with Crippen molar-refractivity contribution in [3.8, 4) is 0 Å². The Morgan fingerprint density at radius 3 is 3.17 bits per heavy atom. The van der Waals surface area contributed by atoms with Crippen LogP contribution in [-0.4, -0.2) is 33.8 Å². The monoisotopic (exact) mass is 250 g/mol. The van der Waals surface area contributed by atoms with Gasteiger partial charge in [0.1, 0.15) is 5.82 Å². The van der Waals surface area contributed by atoms with E-state index in [1.807, 2.05) is 0 Å². The van der Waals surface area contributed by atoms with Crippen LogP contribution in [0.1, 0.15) is 36.7 Å². The quantitative estimate of drug-likeness (QED) is 0.881. The second-order valence-corrected chi connectivity index (χ2v) is 5.22. The van der Waals surface area contributed by atoms with E-state index in [1.165, 1.54) is 0 Å². The molecule has 2 aliphatic rings. The van der Waals surface area contributed by atoms with E-state index < -0.39 is 5.97 Å². The number of ether oxygens (including phenoxy) is 1. The number of carboxylic acid groups (broad SMARTS) is 1. The number of hydrogen-bond donors (Lipinski definition) is 1. The smallest absolute Gasteiger partial charge is 0.312 e. The predicted molar refractivity (Wildman–Crippen MR) is 64.5 cm³/mol. The summed E-state index contributed by atoms with van der Waals surface area (Å²) in [5.74, 6) is 0.472. The third kappa shape index (κ3) is 2.03. The van der Waals surface area contributed by atoms with Crippen LogP contribution in [0.2, 0.25) is 0 Å². The van der Waals surface area contributed by atoms with Gasteiger partial charge in [-0.1, -0.05) is 0 Å². The largest absolute Gasteiger partial charge is 0.481 e. The molecule has 5 heteroatoms. The number of aromatic nitrogens is 2. The molecule has 0 amide bonds. The van der Waals surface area contributed by atoms with Crippen molar-refractivity contribution < 1.29 is 14.6 Å². The molecule has 5 nitrogen and oxygen atoms in total. The molecular weight excluding hydrogens is 232 g/mol.